The molecule has 5 nitrogen and oxygen atoms in total. The zero-order valence-electron chi connectivity index (χ0n) is 11.0. The standard InChI is InChI=1S/C13H15ClN2O3S/c1-13(5-2-6-19-9-13)16-20(17,18)12-7-10(8-15)3-4-11(12)14/h3-4,7,16H,2,5-6,9H2,1H3. The van der Waals surface area contributed by atoms with Gasteiger partial charge in [0.25, 0.3) is 0 Å². The lowest BCUT2D eigenvalue weighted by atomic mass is 9.97. The molecule has 1 aromatic rings. The number of nitrogens with one attached hydrogen (secondary N) is 1. The number of hydrogen-bond donors (Lipinski definition) is 1. The van der Waals surface area contributed by atoms with Gasteiger partial charge in [0.1, 0.15) is 4.90 Å². The van der Waals surface area contributed by atoms with Gasteiger partial charge in [0, 0.05) is 6.61 Å². The molecule has 1 N–H and O–H groups in total. The van der Waals surface area contributed by atoms with Gasteiger partial charge in [-0.25, -0.2) is 13.1 Å². The molecule has 1 saturated heterocycles. The number of nitriles is 1. The fourth-order valence-corrected chi connectivity index (χ4v) is 4.12. The van der Waals surface area contributed by atoms with Crippen LogP contribution in [-0.4, -0.2) is 27.2 Å². The molecule has 1 aromatic carbocycles. The summed E-state index contributed by atoms with van der Waals surface area (Å²) in [5.74, 6) is 0. The summed E-state index contributed by atoms with van der Waals surface area (Å²) in [6.07, 6.45) is 1.49. The van der Waals surface area contributed by atoms with Crippen molar-refractivity contribution in [3.63, 3.8) is 0 Å². The maximum absolute atomic E-state index is 12.4. The van der Waals surface area contributed by atoms with E-state index in [4.69, 9.17) is 21.6 Å². The second-order valence-corrected chi connectivity index (χ2v) is 7.14. The van der Waals surface area contributed by atoms with Crippen LogP contribution in [0.3, 0.4) is 0 Å². The molecule has 0 spiro atoms. The molecule has 0 saturated carbocycles. The summed E-state index contributed by atoms with van der Waals surface area (Å²) in [4.78, 5) is -0.0787. The van der Waals surface area contributed by atoms with Crippen molar-refractivity contribution in [2.45, 2.75) is 30.2 Å². The van der Waals surface area contributed by atoms with Gasteiger partial charge in [0.15, 0.2) is 0 Å². The highest BCUT2D eigenvalue weighted by molar-refractivity contribution is 7.89. The lowest BCUT2D eigenvalue weighted by molar-refractivity contribution is 0.0386. The van der Waals surface area contributed by atoms with Gasteiger partial charge in [-0.15, -0.1) is 0 Å². The van der Waals surface area contributed by atoms with E-state index in [0.29, 0.717) is 19.6 Å². The number of ether oxygens (including phenoxy) is 1. The Bertz CT molecular complexity index is 646. The minimum absolute atomic E-state index is 0.0787. The Labute approximate surface area is 123 Å². The van der Waals surface area contributed by atoms with Crippen LogP contribution in [0.4, 0.5) is 0 Å². The van der Waals surface area contributed by atoms with E-state index in [2.05, 4.69) is 4.72 Å². The Hall–Kier alpha value is -1.13. The number of rotatable bonds is 3. The van der Waals surface area contributed by atoms with E-state index in [9.17, 15) is 8.42 Å². The van der Waals surface area contributed by atoms with Crippen LogP contribution in [0.5, 0.6) is 0 Å². The van der Waals surface area contributed by atoms with Crippen molar-refractivity contribution < 1.29 is 13.2 Å². The lowest BCUT2D eigenvalue weighted by Crippen LogP contribution is -2.51. The van der Waals surface area contributed by atoms with Crippen molar-refractivity contribution in [1.82, 2.24) is 4.72 Å². The van der Waals surface area contributed by atoms with E-state index in [0.717, 1.165) is 6.42 Å². The molecule has 0 aromatic heterocycles. The van der Waals surface area contributed by atoms with E-state index in [1.165, 1.54) is 18.2 Å². The molecule has 2 rings (SSSR count). The van der Waals surface area contributed by atoms with Crippen LogP contribution in [0.2, 0.25) is 5.02 Å². The summed E-state index contributed by atoms with van der Waals surface area (Å²) in [7, 11) is -3.79. The summed E-state index contributed by atoms with van der Waals surface area (Å²) in [6, 6.07) is 6.07. The van der Waals surface area contributed by atoms with Crippen LogP contribution in [0, 0.1) is 11.3 Å². The summed E-state index contributed by atoms with van der Waals surface area (Å²) in [5.41, 5.74) is -0.400. The zero-order chi connectivity index (χ0) is 14.8. The Morgan fingerprint density at radius 1 is 1.50 bits per heavy atom. The molecule has 20 heavy (non-hydrogen) atoms. The minimum Gasteiger partial charge on any atom is -0.380 e. The number of benzene rings is 1. The Morgan fingerprint density at radius 3 is 2.85 bits per heavy atom. The molecule has 7 heteroatoms. The van der Waals surface area contributed by atoms with Gasteiger partial charge in [-0.2, -0.15) is 5.26 Å². The maximum atomic E-state index is 12.4. The predicted molar refractivity (Wildman–Crippen MR) is 74.9 cm³/mol. The van der Waals surface area contributed by atoms with E-state index in [-0.39, 0.29) is 15.5 Å². The first kappa shape index (κ1) is 15.3. The first-order valence-electron chi connectivity index (χ1n) is 6.18. The number of halogens is 1. The summed E-state index contributed by atoms with van der Waals surface area (Å²) < 4.78 is 32.8. The molecule has 1 unspecified atom stereocenters. The molecule has 1 atom stereocenters. The van der Waals surface area contributed by atoms with Crippen molar-refractivity contribution >= 4 is 21.6 Å². The molecular weight excluding hydrogens is 300 g/mol. The second-order valence-electron chi connectivity index (χ2n) is 5.08. The molecule has 0 amide bonds. The van der Waals surface area contributed by atoms with Gasteiger partial charge in [-0.05, 0) is 38.0 Å². The normalized spacial score (nSPS) is 23.2. The van der Waals surface area contributed by atoms with Gasteiger partial charge < -0.3 is 4.74 Å². The van der Waals surface area contributed by atoms with Gasteiger partial charge >= 0.3 is 0 Å². The molecule has 0 radical (unpaired) electrons. The molecule has 1 aliphatic heterocycles. The first-order valence-corrected chi connectivity index (χ1v) is 8.04. The van der Waals surface area contributed by atoms with Crippen LogP contribution in [0.15, 0.2) is 23.1 Å². The molecule has 0 bridgehead atoms. The van der Waals surface area contributed by atoms with Crippen molar-refractivity contribution in [1.29, 1.82) is 5.26 Å². The topological polar surface area (TPSA) is 79.2 Å². The Balaban J connectivity index is 2.33. The average Bonchev–Trinajstić information content (AvgIpc) is 2.38. The quantitative estimate of drug-likeness (QED) is 0.926. The second kappa shape index (κ2) is 5.70. The highest BCUT2D eigenvalue weighted by Crippen LogP contribution is 2.26. The van der Waals surface area contributed by atoms with Crippen LogP contribution in [0.25, 0.3) is 0 Å². The molecule has 1 aliphatic rings. The van der Waals surface area contributed by atoms with Crippen LogP contribution in [0.1, 0.15) is 25.3 Å². The Kier molecular flexibility index (Phi) is 4.35. The van der Waals surface area contributed by atoms with Crippen LogP contribution < -0.4 is 4.72 Å². The minimum atomic E-state index is -3.79. The van der Waals surface area contributed by atoms with Crippen molar-refractivity contribution in [3.05, 3.63) is 28.8 Å². The van der Waals surface area contributed by atoms with Gasteiger partial charge in [-0.3, -0.25) is 0 Å². The monoisotopic (exact) mass is 314 g/mol. The van der Waals surface area contributed by atoms with E-state index in [1.807, 2.05) is 6.07 Å². The van der Waals surface area contributed by atoms with Crippen molar-refractivity contribution in [2.75, 3.05) is 13.2 Å². The molecular formula is C13H15ClN2O3S. The fraction of sp³-hybridized carbons (Fsp3) is 0.462. The molecule has 108 valence electrons. The van der Waals surface area contributed by atoms with E-state index >= 15 is 0 Å². The SMILES string of the molecule is CC1(NS(=O)(=O)c2cc(C#N)ccc2Cl)CCCOC1. The number of nitrogens with zero attached hydrogens (tertiary/aromatic N) is 1. The maximum Gasteiger partial charge on any atom is 0.242 e. The summed E-state index contributed by atoms with van der Waals surface area (Å²) >= 11 is 5.94. The van der Waals surface area contributed by atoms with Crippen LogP contribution >= 0.6 is 11.6 Å². The third-order valence-electron chi connectivity index (χ3n) is 3.17. The van der Waals surface area contributed by atoms with E-state index < -0.39 is 15.6 Å². The number of hydrogen-bond acceptors (Lipinski definition) is 4. The van der Waals surface area contributed by atoms with Gasteiger partial charge in [0.05, 0.1) is 28.8 Å². The predicted octanol–water partition coefficient (Wildman–Crippen LogP) is 2.06. The number of sulfonamides is 1. The lowest BCUT2D eigenvalue weighted by Gasteiger charge is -2.33. The third kappa shape index (κ3) is 3.30. The Morgan fingerprint density at radius 2 is 2.25 bits per heavy atom. The highest BCUT2D eigenvalue weighted by Gasteiger charge is 2.33. The van der Waals surface area contributed by atoms with Crippen molar-refractivity contribution in [2.24, 2.45) is 0 Å². The fourth-order valence-electron chi connectivity index (χ4n) is 2.17. The van der Waals surface area contributed by atoms with Crippen LogP contribution in [-0.2, 0) is 14.8 Å². The first-order chi connectivity index (χ1) is 9.36. The summed E-state index contributed by atoms with van der Waals surface area (Å²) in [5, 5.41) is 8.96. The van der Waals surface area contributed by atoms with Gasteiger partial charge in [0.2, 0.25) is 10.0 Å². The largest absolute Gasteiger partial charge is 0.380 e. The summed E-state index contributed by atoms with van der Waals surface area (Å²) in [6.45, 7) is 2.76. The molecule has 1 fully saturated rings. The third-order valence-corrected chi connectivity index (χ3v) is 5.29. The van der Waals surface area contributed by atoms with Gasteiger partial charge in [-0.1, -0.05) is 11.6 Å². The van der Waals surface area contributed by atoms with E-state index in [1.54, 1.807) is 6.92 Å². The highest BCUT2D eigenvalue weighted by atomic mass is 35.5. The zero-order valence-corrected chi connectivity index (χ0v) is 12.6. The van der Waals surface area contributed by atoms with Crippen molar-refractivity contribution in [3.8, 4) is 6.07 Å². The average molecular weight is 315 g/mol. The molecule has 0 aliphatic carbocycles. The molecule has 1 heterocycles. The smallest absolute Gasteiger partial charge is 0.242 e.